The summed E-state index contributed by atoms with van der Waals surface area (Å²) in [4.78, 5) is 6.63. The lowest BCUT2D eigenvalue weighted by atomic mass is 9.85. The van der Waals surface area contributed by atoms with E-state index in [-0.39, 0.29) is 0 Å². The highest BCUT2D eigenvalue weighted by atomic mass is 15.2. The Morgan fingerprint density at radius 2 is 2.25 bits per heavy atom. The third-order valence-corrected chi connectivity index (χ3v) is 3.22. The van der Waals surface area contributed by atoms with Gasteiger partial charge in [-0.25, -0.2) is 4.98 Å². The summed E-state index contributed by atoms with van der Waals surface area (Å²) < 4.78 is 0. The number of rotatable bonds is 3. The Labute approximate surface area is 96.7 Å². The molecule has 0 aromatic carbocycles. The van der Waals surface area contributed by atoms with Crippen LogP contribution in [0, 0.1) is 24.2 Å². The lowest BCUT2D eigenvalue weighted by Crippen LogP contribution is -2.29. The van der Waals surface area contributed by atoms with Crippen LogP contribution in [0.1, 0.15) is 30.5 Å². The van der Waals surface area contributed by atoms with E-state index >= 15 is 0 Å². The van der Waals surface area contributed by atoms with Crippen LogP contribution in [-0.4, -0.2) is 18.6 Å². The van der Waals surface area contributed by atoms with Crippen molar-refractivity contribution in [1.29, 1.82) is 5.26 Å². The minimum atomic E-state index is 0.697. The zero-order chi connectivity index (χ0) is 11.5. The Balaban J connectivity index is 2.12. The van der Waals surface area contributed by atoms with E-state index in [1.54, 1.807) is 0 Å². The second-order valence-electron chi connectivity index (χ2n) is 4.64. The van der Waals surface area contributed by atoms with Crippen molar-refractivity contribution >= 4 is 5.82 Å². The summed E-state index contributed by atoms with van der Waals surface area (Å²) in [7, 11) is 2.06. The van der Waals surface area contributed by atoms with Crippen LogP contribution in [0.15, 0.2) is 12.1 Å². The molecule has 3 heteroatoms. The highest BCUT2D eigenvalue weighted by molar-refractivity contribution is 5.46. The number of pyridine rings is 1. The molecule has 0 unspecified atom stereocenters. The standard InChI is InChI=1S/C13H17N3/c1-10-6-12(8-14)7-13(15-10)16(2)9-11-4-3-5-11/h6-7,11H,3-5,9H2,1-2H3. The Bertz CT molecular complexity index is 416. The number of nitriles is 1. The van der Waals surface area contributed by atoms with Crippen molar-refractivity contribution in [3.8, 4) is 6.07 Å². The van der Waals surface area contributed by atoms with Gasteiger partial charge in [-0.2, -0.15) is 5.26 Å². The summed E-state index contributed by atoms with van der Waals surface area (Å²) in [5.74, 6) is 1.74. The molecular weight excluding hydrogens is 198 g/mol. The van der Waals surface area contributed by atoms with Crippen molar-refractivity contribution < 1.29 is 0 Å². The first-order chi connectivity index (χ1) is 7.69. The quantitative estimate of drug-likeness (QED) is 0.777. The number of aromatic nitrogens is 1. The van der Waals surface area contributed by atoms with Gasteiger partial charge in [0.25, 0.3) is 0 Å². The maximum Gasteiger partial charge on any atom is 0.129 e. The Morgan fingerprint density at radius 1 is 1.50 bits per heavy atom. The van der Waals surface area contributed by atoms with Gasteiger partial charge in [-0.1, -0.05) is 6.42 Å². The molecule has 0 radical (unpaired) electrons. The maximum atomic E-state index is 8.91. The van der Waals surface area contributed by atoms with Gasteiger partial charge in [0.2, 0.25) is 0 Å². The molecule has 3 nitrogen and oxygen atoms in total. The molecule has 1 saturated carbocycles. The van der Waals surface area contributed by atoms with Crippen molar-refractivity contribution in [2.45, 2.75) is 26.2 Å². The Morgan fingerprint density at radius 3 is 2.81 bits per heavy atom. The number of nitrogens with zero attached hydrogens (tertiary/aromatic N) is 3. The number of hydrogen-bond acceptors (Lipinski definition) is 3. The van der Waals surface area contributed by atoms with E-state index in [0.717, 1.165) is 24.0 Å². The van der Waals surface area contributed by atoms with Crippen LogP contribution < -0.4 is 4.90 Å². The van der Waals surface area contributed by atoms with E-state index in [9.17, 15) is 0 Å². The van der Waals surface area contributed by atoms with Gasteiger partial charge >= 0.3 is 0 Å². The molecule has 0 N–H and O–H groups in total. The third kappa shape index (κ3) is 2.33. The summed E-state index contributed by atoms with van der Waals surface area (Å²) in [5.41, 5.74) is 1.61. The van der Waals surface area contributed by atoms with Crippen LogP contribution >= 0.6 is 0 Å². The van der Waals surface area contributed by atoms with Crippen molar-refractivity contribution in [2.24, 2.45) is 5.92 Å². The van der Waals surface area contributed by atoms with E-state index in [2.05, 4.69) is 23.0 Å². The summed E-state index contributed by atoms with van der Waals surface area (Å²) in [6.45, 7) is 2.99. The van der Waals surface area contributed by atoms with Crippen LogP contribution in [0.3, 0.4) is 0 Å². The minimum Gasteiger partial charge on any atom is -0.359 e. The van der Waals surface area contributed by atoms with Crippen molar-refractivity contribution in [3.05, 3.63) is 23.4 Å². The van der Waals surface area contributed by atoms with Crippen LogP contribution in [-0.2, 0) is 0 Å². The predicted octanol–water partition coefficient (Wildman–Crippen LogP) is 2.50. The Kier molecular flexibility index (Phi) is 3.09. The topological polar surface area (TPSA) is 39.9 Å². The number of hydrogen-bond donors (Lipinski definition) is 0. The van der Waals surface area contributed by atoms with E-state index < -0.39 is 0 Å². The van der Waals surface area contributed by atoms with Crippen LogP contribution in [0.25, 0.3) is 0 Å². The zero-order valence-electron chi connectivity index (χ0n) is 9.90. The lowest BCUT2D eigenvalue weighted by Gasteiger charge is -2.30. The molecular formula is C13H17N3. The zero-order valence-corrected chi connectivity index (χ0v) is 9.90. The molecule has 0 aliphatic heterocycles. The van der Waals surface area contributed by atoms with Crippen molar-refractivity contribution in [1.82, 2.24) is 4.98 Å². The average Bonchev–Trinajstić information content (AvgIpc) is 2.22. The fourth-order valence-corrected chi connectivity index (χ4v) is 2.07. The number of aryl methyl sites for hydroxylation is 1. The molecule has 0 bridgehead atoms. The van der Waals surface area contributed by atoms with E-state index in [4.69, 9.17) is 5.26 Å². The van der Waals surface area contributed by atoms with Crippen LogP contribution in [0.2, 0.25) is 0 Å². The third-order valence-electron chi connectivity index (χ3n) is 3.22. The predicted molar refractivity (Wildman–Crippen MR) is 64.3 cm³/mol. The van der Waals surface area contributed by atoms with Crippen molar-refractivity contribution in [3.63, 3.8) is 0 Å². The normalized spacial score (nSPS) is 15.3. The minimum absolute atomic E-state index is 0.697. The molecule has 1 fully saturated rings. The lowest BCUT2D eigenvalue weighted by molar-refractivity contribution is 0.321. The summed E-state index contributed by atoms with van der Waals surface area (Å²) in [5, 5.41) is 8.91. The molecule has 1 heterocycles. The van der Waals surface area contributed by atoms with E-state index in [0.29, 0.717) is 5.56 Å². The smallest absolute Gasteiger partial charge is 0.129 e. The molecule has 0 spiro atoms. The van der Waals surface area contributed by atoms with Gasteiger partial charge in [0.15, 0.2) is 0 Å². The first-order valence-electron chi connectivity index (χ1n) is 5.79. The van der Waals surface area contributed by atoms with Gasteiger partial charge in [-0.05, 0) is 37.8 Å². The number of anilines is 1. The largest absolute Gasteiger partial charge is 0.359 e. The second kappa shape index (κ2) is 4.52. The first-order valence-corrected chi connectivity index (χ1v) is 5.79. The van der Waals surface area contributed by atoms with Gasteiger partial charge in [0.1, 0.15) is 5.82 Å². The average molecular weight is 215 g/mol. The molecule has 1 aliphatic carbocycles. The van der Waals surface area contributed by atoms with Gasteiger partial charge in [0.05, 0.1) is 11.6 Å². The highest BCUT2D eigenvalue weighted by Gasteiger charge is 2.19. The van der Waals surface area contributed by atoms with Gasteiger partial charge in [0, 0.05) is 19.3 Å². The van der Waals surface area contributed by atoms with Crippen molar-refractivity contribution in [2.75, 3.05) is 18.5 Å². The van der Waals surface area contributed by atoms with E-state index in [1.807, 2.05) is 19.1 Å². The van der Waals surface area contributed by atoms with Crippen LogP contribution in [0.4, 0.5) is 5.82 Å². The fourth-order valence-electron chi connectivity index (χ4n) is 2.07. The molecule has 0 atom stereocenters. The molecule has 1 aromatic rings. The Hall–Kier alpha value is -1.56. The fraction of sp³-hybridized carbons (Fsp3) is 0.538. The van der Waals surface area contributed by atoms with Gasteiger partial charge in [-0.3, -0.25) is 0 Å². The van der Waals surface area contributed by atoms with E-state index in [1.165, 1.54) is 19.3 Å². The molecule has 1 aliphatic rings. The summed E-state index contributed by atoms with van der Waals surface area (Å²) in [6.07, 6.45) is 4.03. The monoisotopic (exact) mass is 215 g/mol. The molecule has 0 saturated heterocycles. The first kappa shape index (κ1) is 10.9. The summed E-state index contributed by atoms with van der Waals surface area (Å²) in [6, 6.07) is 5.86. The molecule has 16 heavy (non-hydrogen) atoms. The summed E-state index contributed by atoms with van der Waals surface area (Å²) >= 11 is 0. The SMILES string of the molecule is Cc1cc(C#N)cc(N(C)CC2CCC2)n1. The molecule has 84 valence electrons. The molecule has 1 aromatic heterocycles. The maximum absolute atomic E-state index is 8.91. The van der Waals surface area contributed by atoms with Crippen LogP contribution in [0.5, 0.6) is 0 Å². The highest BCUT2D eigenvalue weighted by Crippen LogP contribution is 2.28. The molecule has 0 amide bonds. The van der Waals surface area contributed by atoms with Gasteiger partial charge in [-0.15, -0.1) is 0 Å². The molecule has 2 rings (SSSR count). The van der Waals surface area contributed by atoms with Gasteiger partial charge < -0.3 is 4.90 Å². The second-order valence-corrected chi connectivity index (χ2v) is 4.64.